The van der Waals surface area contributed by atoms with E-state index in [0.717, 1.165) is 15.3 Å². The Kier molecular flexibility index (Phi) is 5.65. The summed E-state index contributed by atoms with van der Waals surface area (Å²) in [5, 5.41) is 9.30. The second kappa shape index (κ2) is 8.12. The normalized spacial score (nSPS) is 10.7. The third kappa shape index (κ3) is 4.09. The van der Waals surface area contributed by atoms with Gasteiger partial charge in [-0.1, -0.05) is 30.3 Å². The van der Waals surface area contributed by atoms with E-state index < -0.39 is 5.56 Å². The number of thiophene rings is 1. The van der Waals surface area contributed by atoms with Gasteiger partial charge in [0.1, 0.15) is 5.56 Å². The minimum absolute atomic E-state index is 0.0754. The number of amides is 1. The van der Waals surface area contributed by atoms with Gasteiger partial charge >= 0.3 is 0 Å². The van der Waals surface area contributed by atoms with Crippen molar-refractivity contribution in [3.63, 3.8) is 0 Å². The molecule has 0 atom stereocenters. The first-order valence-corrected chi connectivity index (χ1v) is 9.14. The fraction of sp³-hybridized carbons (Fsp3) is 0.200. The number of hydrogen-bond acceptors (Lipinski definition) is 4. The van der Waals surface area contributed by atoms with E-state index in [1.54, 1.807) is 23.5 Å². The number of nitrogens with zero attached hydrogens (tertiary/aromatic N) is 1. The van der Waals surface area contributed by atoms with Crippen molar-refractivity contribution in [1.82, 2.24) is 9.88 Å². The lowest BCUT2D eigenvalue weighted by Crippen LogP contribution is -2.36. The summed E-state index contributed by atoms with van der Waals surface area (Å²) in [6.45, 7) is 2.39. The Morgan fingerprint density at radius 3 is 2.50 bits per heavy atom. The SMILES string of the molecule is Cc1ccc(CN(CCO)C(=O)c2ccc(-c3ccccc3)[nH]c2=O)s1. The summed E-state index contributed by atoms with van der Waals surface area (Å²) >= 11 is 1.60. The highest BCUT2D eigenvalue weighted by molar-refractivity contribution is 7.11. The van der Waals surface area contributed by atoms with E-state index in [-0.39, 0.29) is 24.6 Å². The number of nitrogens with one attached hydrogen (secondary N) is 1. The van der Waals surface area contributed by atoms with E-state index >= 15 is 0 Å². The molecule has 26 heavy (non-hydrogen) atoms. The van der Waals surface area contributed by atoms with Crippen molar-refractivity contribution in [3.8, 4) is 11.3 Å². The van der Waals surface area contributed by atoms with Crippen LogP contribution in [0.15, 0.2) is 59.4 Å². The number of pyridine rings is 1. The van der Waals surface area contributed by atoms with Gasteiger partial charge in [0.2, 0.25) is 0 Å². The summed E-state index contributed by atoms with van der Waals surface area (Å²) in [5.41, 5.74) is 1.19. The average molecular weight is 368 g/mol. The number of hydrogen-bond donors (Lipinski definition) is 2. The van der Waals surface area contributed by atoms with Gasteiger partial charge in [0.15, 0.2) is 0 Å². The largest absolute Gasteiger partial charge is 0.395 e. The molecule has 2 heterocycles. The lowest BCUT2D eigenvalue weighted by molar-refractivity contribution is 0.0708. The Labute approximate surface area is 155 Å². The van der Waals surface area contributed by atoms with E-state index in [1.807, 2.05) is 49.4 Å². The molecular weight excluding hydrogens is 348 g/mol. The van der Waals surface area contributed by atoms with Crippen LogP contribution in [0.25, 0.3) is 11.3 Å². The van der Waals surface area contributed by atoms with E-state index in [9.17, 15) is 14.7 Å². The van der Waals surface area contributed by atoms with Crippen LogP contribution in [0.3, 0.4) is 0 Å². The van der Waals surface area contributed by atoms with Gasteiger partial charge < -0.3 is 15.0 Å². The van der Waals surface area contributed by atoms with Crippen molar-refractivity contribution >= 4 is 17.2 Å². The molecule has 0 fully saturated rings. The lowest BCUT2D eigenvalue weighted by Gasteiger charge is -2.21. The number of H-pyrrole nitrogens is 1. The predicted molar refractivity (Wildman–Crippen MR) is 103 cm³/mol. The number of carbonyl (C=O) groups excluding carboxylic acids is 1. The lowest BCUT2D eigenvalue weighted by atomic mass is 10.1. The Hall–Kier alpha value is -2.70. The molecule has 1 aromatic carbocycles. The van der Waals surface area contributed by atoms with Gasteiger partial charge in [0.25, 0.3) is 11.5 Å². The van der Waals surface area contributed by atoms with Gasteiger partial charge in [-0.2, -0.15) is 0 Å². The van der Waals surface area contributed by atoms with Gasteiger partial charge in [-0.05, 0) is 36.8 Å². The van der Waals surface area contributed by atoms with Crippen molar-refractivity contribution in [2.75, 3.05) is 13.2 Å². The quantitative estimate of drug-likeness (QED) is 0.702. The smallest absolute Gasteiger partial charge is 0.261 e. The van der Waals surface area contributed by atoms with Crippen LogP contribution in [-0.4, -0.2) is 34.0 Å². The van der Waals surface area contributed by atoms with Crippen molar-refractivity contribution in [2.24, 2.45) is 0 Å². The van der Waals surface area contributed by atoms with Crippen LogP contribution in [0.1, 0.15) is 20.1 Å². The number of aliphatic hydroxyl groups is 1. The molecule has 0 saturated carbocycles. The van der Waals surface area contributed by atoms with Gasteiger partial charge in [-0.15, -0.1) is 11.3 Å². The van der Waals surface area contributed by atoms with Crippen LogP contribution in [0.5, 0.6) is 0 Å². The third-order valence-corrected chi connectivity index (χ3v) is 5.01. The second-order valence-electron chi connectivity index (χ2n) is 5.94. The first-order chi connectivity index (χ1) is 12.6. The van der Waals surface area contributed by atoms with Crippen LogP contribution in [0.4, 0.5) is 0 Å². The highest BCUT2D eigenvalue weighted by Gasteiger charge is 2.19. The van der Waals surface area contributed by atoms with Crippen molar-refractivity contribution in [3.05, 3.63) is 80.3 Å². The molecule has 0 aliphatic heterocycles. The number of aryl methyl sites for hydroxylation is 1. The molecule has 1 amide bonds. The minimum atomic E-state index is -0.429. The molecule has 0 aliphatic carbocycles. The van der Waals surface area contributed by atoms with Gasteiger partial charge in [0, 0.05) is 22.0 Å². The molecule has 0 bridgehead atoms. The van der Waals surface area contributed by atoms with Crippen molar-refractivity contribution < 1.29 is 9.90 Å². The van der Waals surface area contributed by atoms with E-state index in [2.05, 4.69) is 4.98 Å². The van der Waals surface area contributed by atoms with Gasteiger partial charge in [-0.3, -0.25) is 9.59 Å². The summed E-state index contributed by atoms with van der Waals surface area (Å²) < 4.78 is 0. The first-order valence-electron chi connectivity index (χ1n) is 8.32. The molecule has 3 rings (SSSR count). The molecule has 0 unspecified atom stereocenters. The fourth-order valence-corrected chi connectivity index (χ4v) is 3.64. The minimum Gasteiger partial charge on any atom is -0.395 e. The summed E-state index contributed by atoms with van der Waals surface area (Å²) in [5.74, 6) is -0.383. The molecule has 0 radical (unpaired) electrons. The van der Waals surface area contributed by atoms with Crippen LogP contribution >= 0.6 is 11.3 Å². The monoisotopic (exact) mass is 368 g/mol. The molecule has 0 saturated heterocycles. The molecule has 0 spiro atoms. The average Bonchev–Trinajstić information content (AvgIpc) is 3.06. The maximum absolute atomic E-state index is 12.8. The third-order valence-electron chi connectivity index (χ3n) is 4.02. The number of aromatic nitrogens is 1. The summed E-state index contributed by atoms with van der Waals surface area (Å²) in [7, 11) is 0. The number of rotatable bonds is 6. The second-order valence-corrected chi connectivity index (χ2v) is 7.32. The molecule has 0 aliphatic rings. The topological polar surface area (TPSA) is 73.4 Å². The summed E-state index contributed by atoms with van der Waals surface area (Å²) in [4.78, 5) is 31.7. The Morgan fingerprint density at radius 2 is 1.88 bits per heavy atom. The highest BCUT2D eigenvalue weighted by atomic mass is 32.1. The van der Waals surface area contributed by atoms with Crippen LogP contribution < -0.4 is 5.56 Å². The Morgan fingerprint density at radius 1 is 1.12 bits per heavy atom. The molecule has 3 aromatic rings. The number of carbonyl (C=O) groups is 1. The van der Waals surface area contributed by atoms with Crippen LogP contribution in [-0.2, 0) is 6.54 Å². The molecule has 134 valence electrons. The van der Waals surface area contributed by atoms with E-state index in [1.165, 1.54) is 4.90 Å². The maximum atomic E-state index is 12.8. The van der Waals surface area contributed by atoms with Crippen molar-refractivity contribution in [2.45, 2.75) is 13.5 Å². The zero-order chi connectivity index (χ0) is 18.5. The van der Waals surface area contributed by atoms with E-state index in [4.69, 9.17) is 0 Å². The molecule has 5 nitrogen and oxygen atoms in total. The zero-order valence-corrected chi connectivity index (χ0v) is 15.3. The van der Waals surface area contributed by atoms with E-state index in [0.29, 0.717) is 12.2 Å². The Bertz CT molecular complexity index is 947. The summed E-state index contributed by atoms with van der Waals surface area (Å²) in [6.07, 6.45) is 0. The molecular formula is C20H20N2O3S. The fourth-order valence-electron chi connectivity index (χ4n) is 2.73. The van der Waals surface area contributed by atoms with Crippen LogP contribution in [0.2, 0.25) is 0 Å². The first kappa shape index (κ1) is 18.1. The van der Waals surface area contributed by atoms with Gasteiger partial charge in [0.05, 0.1) is 13.2 Å². The predicted octanol–water partition coefficient (Wildman–Crippen LogP) is 3.05. The molecule has 2 aromatic heterocycles. The number of aromatic amines is 1. The molecule has 2 N–H and O–H groups in total. The molecule has 6 heteroatoms. The standard InChI is InChI=1S/C20H20N2O3S/c1-14-7-8-16(26-14)13-22(11-12-23)20(25)17-9-10-18(21-19(17)24)15-5-3-2-4-6-15/h2-10,23H,11-13H2,1H3,(H,21,24). The number of benzene rings is 1. The summed E-state index contributed by atoms with van der Waals surface area (Å²) in [6, 6.07) is 16.7. The van der Waals surface area contributed by atoms with Crippen molar-refractivity contribution in [1.29, 1.82) is 0 Å². The highest BCUT2D eigenvalue weighted by Crippen LogP contribution is 2.19. The van der Waals surface area contributed by atoms with Crippen LogP contribution in [0, 0.1) is 6.92 Å². The number of aliphatic hydroxyl groups excluding tert-OH is 1. The van der Waals surface area contributed by atoms with Gasteiger partial charge in [-0.25, -0.2) is 0 Å². The maximum Gasteiger partial charge on any atom is 0.261 e. The zero-order valence-electron chi connectivity index (χ0n) is 14.4. The Balaban J connectivity index is 1.86.